The largest absolute Gasteiger partial charge is 0.371 e. The van der Waals surface area contributed by atoms with Crippen LogP contribution in [0.15, 0.2) is 0 Å². The van der Waals surface area contributed by atoms with Crippen molar-refractivity contribution >= 4 is 0 Å². The minimum Gasteiger partial charge on any atom is -0.371 e. The monoisotopic (exact) mass is 105 g/mol. The molecule has 0 aromatic rings. The number of nitrogens with one attached hydrogen (secondary N) is 1. The van der Waals surface area contributed by atoms with E-state index in [4.69, 9.17) is 5.11 Å². The Hall–Kier alpha value is -0.120. The quantitative estimate of drug-likeness (QED) is 0.375. The second-order valence-corrected chi connectivity index (χ2v) is 1.08. The zero-order valence-electron chi connectivity index (χ0n) is 4.48. The molecule has 0 rings (SSSR count). The Morgan fingerprint density at radius 1 is 1.71 bits per heavy atom. The van der Waals surface area contributed by atoms with Gasteiger partial charge in [-0.25, -0.2) is 0 Å². The van der Waals surface area contributed by atoms with E-state index in [0.717, 1.165) is 6.54 Å². The molecule has 0 saturated carbocycles. The Morgan fingerprint density at radius 3 is 2.86 bits per heavy atom. The number of aliphatic hydroxyl groups excluding tert-OH is 1. The molecule has 0 bridgehead atoms. The van der Waals surface area contributed by atoms with Crippen molar-refractivity contribution in [2.24, 2.45) is 0 Å². The van der Waals surface area contributed by atoms with E-state index < -0.39 is 0 Å². The summed E-state index contributed by atoms with van der Waals surface area (Å²) < 4.78 is 4.52. The molecule has 0 unspecified atom stereocenters. The standard InChI is InChI=1S/C4H11NO2/c1-2-5-3-7-4-6/h5-6H,2-4H2,1H3. The molecule has 7 heavy (non-hydrogen) atoms. The van der Waals surface area contributed by atoms with Gasteiger partial charge >= 0.3 is 0 Å². The molecule has 3 nitrogen and oxygen atoms in total. The summed E-state index contributed by atoms with van der Waals surface area (Å²) in [6.07, 6.45) is 0. The number of ether oxygens (including phenoxy) is 1. The van der Waals surface area contributed by atoms with Crippen molar-refractivity contribution in [2.75, 3.05) is 20.1 Å². The van der Waals surface area contributed by atoms with Crippen molar-refractivity contribution in [1.29, 1.82) is 0 Å². The van der Waals surface area contributed by atoms with Gasteiger partial charge < -0.3 is 9.84 Å². The van der Waals surface area contributed by atoms with Crippen LogP contribution in [0.3, 0.4) is 0 Å². The maximum Gasteiger partial charge on any atom is 0.145 e. The molecule has 0 fully saturated rings. The van der Waals surface area contributed by atoms with Crippen LogP contribution in [0.4, 0.5) is 0 Å². The Kier molecular flexibility index (Phi) is 5.78. The van der Waals surface area contributed by atoms with Gasteiger partial charge in [0.25, 0.3) is 0 Å². The molecule has 3 heteroatoms. The summed E-state index contributed by atoms with van der Waals surface area (Å²) in [6, 6.07) is 0. The fourth-order valence-electron chi connectivity index (χ4n) is 0.220. The molecule has 0 atom stereocenters. The maximum atomic E-state index is 8.03. The van der Waals surface area contributed by atoms with Crippen LogP contribution in [0.5, 0.6) is 0 Å². The third-order valence-corrected chi connectivity index (χ3v) is 0.545. The smallest absolute Gasteiger partial charge is 0.145 e. The summed E-state index contributed by atoms with van der Waals surface area (Å²) in [7, 11) is 0. The highest BCUT2D eigenvalue weighted by atomic mass is 16.6. The van der Waals surface area contributed by atoms with E-state index in [2.05, 4.69) is 10.1 Å². The van der Waals surface area contributed by atoms with Crippen LogP contribution in [0.25, 0.3) is 0 Å². The van der Waals surface area contributed by atoms with Gasteiger partial charge in [0.1, 0.15) is 6.79 Å². The number of hydrogen-bond donors (Lipinski definition) is 2. The SMILES string of the molecule is CCNCOCO. The van der Waals surface area contributed by atoms with E-state index in [9.17, 15) is 0 Å². The summed E-state index contributed by atoms with van der Waals surface area (Å²) >= 11 is 0. The lowest BCUT2D eigenvalue weighted by Gasteiger charge is -1.97. The van der Waals surface area contributed by atoms with Crippen molar-refractivity contribution in [3.05, 3.63) is 0 Å². The van der Waals surface area contributed by atoms with Gasteiger partial charge in [-0.3, -0.25) is 5.32 Å². The average Bonchev–Trinajstić information content (AvgIpc) is 1.69. The minimum absolute atomic E-state index is 0.201. The van der Waals surface area contributed by atoms with E-state index in [0.29, 0.717) is 6.73 Å². The van der Waals surface area contributed by atoms with Crippen LogP contribution >= 0.6 is 0 Å². The fourth-order valence-corrected chi connectivity index (χ4v) is 0.220. The molecule has 0 aromatic carbocycles. The number of aliphatic hydroxyl groups is 1. The molecule has 0 amide bonds. The Balaban J connectivity index is 2.45. The molecular weight excluding hydrogens is 94.0 g/mol. The van der Waals surface area contributed by atoms with Crippen LogP contribution < -0.4 is 5.32 Å². The highest BCUT2D eigenvalue weighted by molar-refractivity contribution is 4.24. The normalized spacial score (nSPS) is 9.43. The number of rotatable bonds is 4. The first-order chi connectivity index (χ1) is 3.41. The lowest BCUT2D eigenvalue weighted by molar-refractivity contribution is -0.00921. The Labute approximate surface area is 43.3 Å². The summed E-state index contributed by atoms with van der Waals surface area (Å²) in [6.45, 7) is 3.08. The van der Waals surface area contributed by atoms with Gasteiger partial charge in [0.2, 0.25) is 0 Å². The van der Waals surface area contributed by atoms with Crippen LogP contribution in [-0.4, -0.2) is 25.2 Å². The molecule has 0 heterocycles. The third kappa shape index (κ3) is 5.88. The zero-order chi connectivity index (χ0) is 5.54. The summed E-state index contributed by atoms with van der Waals surface area (Å²) in [5, 5.41) is 10.9. The zero-order valence-corrected chi connectivity index (χ0v) is 4.48. The molecule has 0 spiro atoms. The van der Waals surface area contributed by atoms with Crippen molar-refractivity contribution in [2.45, 2.75) is 6.92 Å². The van der Waals surface area contributed by atoms with Gasteiger partial charge in [0, 0.05) is 0 Å². The van der Waals surface area contributed by atoms with E-state index >= 15 is 0 Å². The summed E-state index contributed by atoms with van der Waals surface area (Å²) in [5.74, 6) is 0. The van der Waals surface area contributed by atoms with Crippen LogP contribution in [0, 0.1) is 0 Å². The van der Waals surface area contributed by atoms with Gasteiger partial charge in [-0.15, -0.1) is 0 Å². The minimum atomic E-state index is -0.201. The molecule has 44 valence electrons. The van der Waals surface area contributed by atoms with Crippen LogP contribution in [0.1, 0.15) is 6.92 Å². The Bertz CT molecular complexity index is 28.9. The first kappa shape index (κ1) is 6.88. The van der Waals surface area contributed by atoms with Crippen molar-refractivity contribution in [3.8, 4) is 0 Å². The van der Waals surface area contributed by atoms with Crippen molar-refractivity contribution < 1.29 is 9.84 Å². The molecule has 0 saturated heterocycles. The molecule has 0 aliphatic carbocycles. The molecule has 0 aromatic heterocycles. The first-order valence-corrected chi connectivity index (χ1v) is 2.31. The molecule has 0 aliphatic heterocycles. The predicted molar refractivity (Wildman–Crippen MR) is 26.7 cm³/mol. The topological polar surface area (TPSA) is 41.5 Å². The van der Waals surface area contributed by atoms with Crippen LogP contribution in [0.2, 0.25) is 0 Å². The van der Waals surface area contributed by atoms with Crippen molar-refractivity contribution in [1.82, 2.24) is 5.32 Å². The van der Waals surface area contributed by atoms with E-state index in [1.54, 1.807) is 0 Å². The molecule has 0 aliphatic rings. The lowest BCUT2D eigenvalue weighted by Crippen LogP contribution is -2.16. The predicted octanol–water partition coefficient (Wildman–Crippen LogP) is -0.480. The first-order valence-electron chi connectivity index (χ1n) is 2.31. The molecular formula is C4H11NO2. The molecule has 0 radical (unpaired) electrons. The average molecular weight is 105 g/mol. The number of hydrogen-bond acceptors (Lipinski definition) is 3. The highest BCUT2D eigenvalue weighted by Gasteiger charge is 1.75. The lowest BCUT2D eigenvalue weighted by atomic mass is 10.8. The van der Waals surface area contributed by atoms with Gasteiger partial charge in [0.15, 0.2) is 0 Å². The van der Waals surface area contributed by atoms with Gasteiger partial charge in [-0.1, -0.05) is 6.92 Å². The second-order valence-electron chi connectivity index (χ2n) is 1.08. The van der Waals surface area contributed by atoms with Gasteiger partial charge in [-0.05, 0) is 6.54 Å². The van der Waals surface area contributed by atoms with Gasteiger partial charge in [0.05, 0.1) is 6.73 Å². The summed E-state index contributed by atoms with van der Waals surface area (Å²) in [5.41, 5.74) is 0. The molecule has 2 N–H and O–H groups in total. The van der Waals surface area contributed by atoms with E-state index in [-0.39, 0.29) is 6.79 Å². The third-order valence-electron chi connectivity index (χ3n) is 0.545. The van der Waals surface area contributed by atoms with Crippen LogP contribution in [-0.2, 0) is 4.74 Å². The Morgan fingerprint density at radius 2 is 2.43 bits per heavy atom. The van der Waals surface area contributed by atoms with Crippen molar-refractivity contribution in [3.63, 3.8) is 0 Å². The maximum absolute atomic E-state index is 8.03. The van der Waals surface area contributed by atoms with E-state index in [1.165, 1.54) is 0 Å². The van der Waals surface area contributed by atoms with E-state index in [1.807, 2.05) is 6.92 Å². The highest BCUT2D eigenvalue weighted by Crippen LogP contribution is 1.61. The second kappa shape index (κ2) is 5.88. The summed E-state index contributed by atoms with van der Waals surface area (Å²) in [4.78, 5) is 0. The fraction of sp³-hybridized carbons (Fsp3) is 1.00. The van der Waals surface area contributed by atoms with Gasteiger partial charge in [-0.2, -0.15) is 0 Å².